The molecule has 2 aliphatic heterocycles. The van der Waals surface area contributed by atoms with Gasteiger partial charge in [-0.1, -0.05) is 137 Å². The van der Waals surface area contributed by atoms with E-state index in [1.807, 2.05) is 44.4 Å². The second-order valence-corrected chi connectivity index (χ2v) is 25.3. The molecule has 0 saturated carbocycles. The van der Waals surface area contributed by atoms with Crippen LogP contribution in [0.2, 0.25) is 0 Å². The number of hydrogen-bond acceptors (Lipinski definition) is 3. The third-order valence-corrected chi connectivity index (χ3v) is 15.8. The molecule has 0 spiro atoms. The quantitative estimate of drug-likeness (QED) is 0.130. The van der Waals surface area contributed by atoms with Crippen LogP contribution in [0.3, 0.4) is 0 Å². The van der Waals surface area contributed by atoms with E-state index in [2.05, 4.69) is 219 Å². The van der Waals surface area contributed by atoms with Gasteiger partial charge in [0.2, 0.25) is 0 Å². The fourth-order valence-electron chi connectivity index (χ4n) is 11.1. The molecule has 0 bridgehead atoms. The van der Waals surface area contributed by atoms with Crippen molar-refractivity contribution in [2.45, 2.75) is 119 Å². The van der Waals surface area contributed by atoms with Crippen molar-refractivity contribution >= 4 is 62.0 Å². The van der Waals surface area contributed by atoms with E-state index in [1.54, 1.807) is 6.07 Å². The minimum atomic E-state index is -0.275. The van der Waals surface area contributed by atoms with Crippen LogP contribution >= 0.6 is 0 Å². The molecule has 0 fully saturated rings. The van der Waals surface area contributed by atoms with Gasteiger partial charge in [-0.05, 0) is 157 Å². The van der Waals surface area contributed by atoms with Gasteiger partial charge in [-0.15, -0.1) is 65.7 Å². The van der Waals surface area contributed by atoms with Crippen LogP contribution in [-0.4, -0.2) is 21.2 Å². The van der Waals surface area contributed by atoms with Crippen LogP contribution in [0.1, 0.15) is 116 Å². The second kappa shape index (κ2) is 19.5. The van der Waals surface area contributed by atoms with Crippen LogP contribution < -0.4 is 21.3 Å². The molecule has 389 valence electrons. The molecule has 1 radical (unpaired) electrons. The van der Waals surface area contributed by atoms with Crippen molar-refractivity contribution < 1.29 is 24.5 Å². The van der Waals surface area contributed by atoms with E-state index in [-0.39, 0.29) is 54.3 Å². The Morgan fingerprint density at radius 2 is 1.13 bits per heavy atom. The number of fused-ring (bicyclic) bond motifs is 7. The third kappa shape index (κ3) is 9.80. The summed E-state index contributed by atoms with van der Waals surface area (Å²) < 4.78 is 15.3. The minimum Gasteiger partial charge on any atom is -0.311 e. The first-order valence-electron chi connectivity index (χ1n) is 26.8. The zero-order chi connectivity index (χ0) is 53.8. The van der Waals surface area contributed by atoms with Crippen LogP contribution in [0.15, 0.2) is 158 Å². The molecule has 2 aliphatic rings. The number of hydrogen-bond donors (Lipinski definition) is 0. The fourth-order valence-corrected chi connectivity index (χ4v) is 11.1. The van der Waals surface area contributed by atoms with Gasteiger partial charge in [0.05, 0.1) is 5.52 Å². The molecule has 0 N–H and O–H groups in total. The summed E-state index contributed by atoms with van der Waals surface area (Å²) >= 11 is 0. The molecule has 0 amide bonds. The van der Waals surface area contributed by atoms with Gasteiger partial charge in [-0.3, -0.25) is 4.39 Å². The number of halogens is 1. The molecule has 12 rings (SSSR count). The molecule has 7 heteroatoms. The number of aryl methyl sites for hydroxylation is 2. The maximum absolute atomic E-state index is 12.7. The monoisotopic (exact) mass is 1190 g/mol. The summed E-state index contributed by atoms with van der Waals surface area (Å²) in [6.45, 7) is 32.0. The number of benzene rings is 7. The van der Waals surface area contributed by atoms with Crippen molar-refractivity contribution in [2.24, 2.45) is 0 Å². The molecule has 0 atom stereocenters. The Bertz CT molecular complexity index is 3880. The first-order chi connectivity index (χ1) is 35.9. The van der Waals surface area contributed by atoms with Gasteiger partial charge in [0.25, 0.3) is 6.71 Å². The normalized spacial score (nSPS) is 13.0. The molecule has 0 saturated heterocycles. The average Bonchev–Trinajstić information content (AvgIpc) is 3.94. The first kappa shape index (κ1) is 53.5. The summed E-state index contributed by atoms with van der Waals surface area (Å²) in [6, 6.07) is 59.1. The van der Waals surface area contributed by atoms with Gasteiger partial charge in [-0.2, -0.15) is 0 Å². The Balaban J connectivity index is 0.000000362. The Morgan fingerprint density at radius 1 is 0.506 bits per heavy atom. The number of nitrogens with zero attached hydrogens (tertiary/aromatic N) is 4. The van der Waals surface area contributed by atoms with Crippen molar-refractivity contribution in [3.8, 4) is 39.3 Å². The summed E-state index contributed by atoms with van der Waals surface area (Å²) in [4.78, 5) is 11.7. The molecule has 7 aromatic carbocycles. The van der Waals surface area contributed by atoms with Crippen molar-refractivity contribution in [3.05, 3.63) is 209 Å². The van der Waals surface area contributed by atoms with E-state index < -0.39 is 0 Å². The number of aromatic nitrogens is 3. The van der Waals surface area contributed by atoms with Crippen molar-refractivity contribution in [2.75, 3.05) is 4.90 Å². The number of pyridine rings is 2. The standard InChI is InChI=1S/C57H57BN3.C13H11FN.Ir/c1-54(2,3)38-18-22-42(23-19-38)60-49-25-21-40(56(7,8)9)33-45(49)58-46-34-41(57(10,11)12)32-44-43-31-39(55(4,5)6)20-24-48(43)61(53(44)46)51-30-37(29-50(60)52(51)58)36-26-27-59-47(28-36)35-16-14-13-15-17-35;1-9-7-13(15-8-10(9)2)11-3-5-12(14)6-4-11;/h13-16,18-34H,1-12H3;3,5-8H,1-2H3;/q2*-1;. The van der Waals surface area contributed by atoms with Gasteiger partial charge >= 0.3 is 0 Å². The van der Waals surface area contributed by atoms with Gasteiger partial charge in [-0.25, -0.2) is 0 Å². The zero-order valence-corrected chi connectivity index (χ0v) is 49.5. The van der Waals surface area contributed by atoms with Crippen molar-refractivity contribution in [3.63, 3.8) is 0 Å². The number of anilines is 3. The maximum atomic E-state index is 12.7. The SMILES string of the molecule is CC(C)(C)c1ccc(N2c3ccc(C(C)(C)C)cc3B3c4c2cc(-c2ccnc(-c5[c-]cccc5)c2)cc4-n2c4ccc(C(C)(C)C)cc4c4cc(C(C)(C)C)cc3c42)cc1.Cc1cnc(-c2[c-]cc(F)cc2)cc1C.[Ir]. The first-order valence-corrected chi connectivity index (χ1v) is 26.8. The second-order valence-electron chi connectivity index (χ2n) is 25.3. The summed E-state index contributed by atoms with van der Waals surface area (Å²) in [7, 11) is 0. The summed E-state index contributed by atoms with van der Waals surface area (Å²) in [5.74, 6) is -0.275. The van der Waals surface area contributed by atoms with Crippen LogP contribution in [0.4, 0.5) is 21.5 Å². The van der Waals surface area contributed by atoms with Gasteiger partial charge in [0, 0.05) is 77.4 Å². The fraction of sp³-hybridized carbons (Fsp3) is 0.257. The van der Waals surface area contributed by atoms with E-state index >= 15 is 0 Å². The predicted molar refractivity (Wildman–Crippen MR) is 320 cm³/mol. The Morgan fingerprint density at radius 3 is 1.78 bits per heavy atom. The molecule has 0 aliphatic carbocycles. The summed E-state index contributed by atoms with van der Waals surface area (Å²) in [5, 5.41) is 2.65. The van der Waals surface area contributed by atoms with E-state index in [0.29, 0.717) is 0 Å². The topological polar surface area (TPSA) is 34.0 Å². The van der Waals surface area contributed by atoms with Crippen LogP contribution in [-0.2, 0) is 41.8 Å². The Hall–Kier alpha value is -6.92. The molecule has 77 heavy (non-hydrogen) atoms. The van der Waals surface area contributed by atoms with Gasteiger partial charge in [0.1, 0.15) is 0 Å². The van der Waals surface area contributed by atoms with E-state index in [9.17, 15) is 4.39 Å². The molecular weight excluding hydrogens is 1120 g/mol. The van der Waals surface area contributed by atoms with E-state index in [1.165, 1.54) is 95.2 Å². The average molecular weight is 1190 g/mol. The van der Waals surface area contributed by atoms with Crippen molar-refractivity contribution in [1.29, 1.82) is 0 Å². The van der Waals surface area contributed by atoms with Gasteiger partial charge < -0.3 is 19.4 Å². The molecular formula is C70H68BFIrN4-2. The minimum absolute atomic E-state index is 0. The van der Waals surface area contributed by atoms with Crippen LogP contribution in [0, 0.1) is 31.8 Å². The van der Waals surface area contributed by atoms with Crippen LogP contribution in [0.5, 0.6) is 0 Å². The maximum Gasteiger partial charge on any atom is 0.252 e. The zero-order valence-electron chi connectivity index (χ0n) is 47.1. The summed E-state index contributed by atoms with van der Waals surface area (Å²) in [6.07, 6.45) is 3.77. The predicted octanol–water partition coefficient (Wildman–Crippen LogP) is 16.4. The van der Waals surface area contributed by atoms with Crippen LogP contribution in [0.25, 0.3) is 61.1 Å². The molecule has 3 aromatic heterocycles. The molecule has 0 unspecified atom stereocenters. The summed E-state index contributed by atoms with van der Waals surface area (Å²) in [5.41, 5.74) is 25.1. The van der Waals surface area contributed by atoms with E-state index in [0.717, 1.165) is 44.9 Å². The Kier molecular flexibility index (Phi) is 13.6. The van der Waals surface area contributed by atoms with Gasteiger partial charge in [0.15, 0.2) is 0 Å². The smallest absolute Gasteiger partial charge is 0.252 e. The third-order valence-electron chi connectivity index (χ3n) is 15.8. The molecule has 4 nitrogen and oxygen atoms in total. The number of rotatable bonds is 4. The molecule has 5 heterocycles. The Labute approximate surface area is 470 Å². The van der Waals surface area contributed by atoms with Crippen molar-refractivity contribution in [1.82, 2.24) is 14.5 Å². The largest absolute Gasteiger partial charge is 0.311 e. The van der Waals surface area contributed by atoms with E-state index in [4.69, 9.17) is 4.98 Å². The molecule has 10 aromatic rings.